The Morgan fingerprint density at radius 1 is 0.275 bits per heavy atom. The molecule has 0 aliphatic carbocycles. The van der Waals surface area contributed by atoms with Crippen LogP contribution in [0.25, 0.3) is 133 Å². The van der Waals surface area contributed by atoms with E-state index >= 15 is 0 Å². The zero-order valence-corrected chi connectivity index (χ0v) is 37.2. The van der Waals surface area contributed by atoms with Gasteiger partial charge in [0.1, 0.15) is 11.2 Å². The Kier molecular flexibility index (Phi) is 8.79. The highest BCUT2D eigenvalue weighted by atomic mass is 16.3. The third-order valence-electron chi connectivity index (χ3n) is 13.6. The van der Waals surface area contributed by atoms with Crippen molar-refractivity contribution in [3.8, 4) is 67.8 Å². The van der Waals surface area contributed by atoms with E-state index in [9.17, 15) is 0 Å². The Bertz CT molecular complexity index is 4260. The zero-order chi connectivity index (χ0) is 45.4. The van der Waals surface area contributed by atoms with Crippen LogP contribution >= 0.6 is 0 Å². The fourth-order valence-corrected chi connectivity index (χ4v) is 10.4. The van der Waals surface area contributed by atoms with Gasteiger partial charge in [-0.05, 0) is 95.1 Å². The lowest BCUT2D eigenvalue weighted by atomic mass is 9.96. The Morgan fingerprint density at radius 3 is 1.55 bits per heavy atom. The summed E-state index contributed by atoms with van der Waals surface area (Å²) in [5, 5.41) is 6.96. The Labute approximate surface area is 396 Å². The third kappa shape index (κ3) is 6.38. The van der Waals surface area contributed by atoms with Gasteiger partial charge in [-0.2, -0.15) is 0 Å². The monoisotopic (exact) mass is 881 g/mol. The van der Waals surface area contributed by atoms with Crippen LogP contribution in [0.4, 0.5) is 0 Å². The van der Waals surface area contributed by atoms with Gasteiger partial charge >= 0.3 is 0 Å². The Hall–Kier alpha value is -9.39. The average molecular weight is 882 g/mol. The molecule has 6 nitrogen and oxygen atoms in total. The molecule has 0 saturated carbocycles. The molecule has 0 fully saturated rings. The van der Waals surface area contributed by atoms with Crippen LogP contribution in [0.2, 0.25) is 0 Å². The van der Waals surface area contributed by atoms with Crippen molar-refractivity contribution in [3.63, 3.8) is 0 Å². The quantitative estimate of drug-likeness (QED) is 0.160. The normalized spacial score (nSPS) is 11.8. The largest absolute Gasteiger partial charge is 0.456 e. The molecule has 322 valence electrons. The fourth-order valence-electron chi connectivity index (χ4n) is 10.4. The molecule has 0 N–H and O–H groups in total. The predicted octanol–water partition coefficient (Wildman–Crippen LogP) is 16.3. The van der Waals surface area contributed by atoms with Gasteiger partial charge in [-0.3, -0.25) is 0 Å². The van der Waals surface area contributed by atoms with E-state index in [1.807, 2.05) is 30.3 Å². The summed E-state index contributed by atoms with van der Waals surface area (Å²) in [6.45, 7) is 0. The zero-order valence-electron chi connectivity index (χ0n) is 37.2. The van der Waals surface area contributed by atoms with Crippen molar-refractivity contribution in [2.24, 2.45) is 0 Å². The van der Waals surface area contributed by atoms with Crippen molar-refractivity contribution < 1.29 is 4.42 Å². The van der Waals surface area contributed by atoms with Crippen LogP contribution in [0.1, 0.15) is 0 Å². The lowest BCUT2D eigenvalue weighted by molar-refractivity contribution is 0.669. The molecule has 4 aromatic heterocycles. The first-order chi connectivity index (χ1) is 34.2. The molecule has 0 spiro atoms. The fraction of sp³-hybridized carbons (Fsp3) is 0. The summed E-state index contributed by atoms with van der Waals surface area (Å²) in [5.74, 6) is 1.82. The lowest BCUT2D eigenvalue weighted by Crippen LogP contribution is -2.01. The molecule has 14 aromatic rings. The van der Waals surface area contributed by atoms with Gasteiger partial charge in [0.05, 0.1) is 22.1 Å². The summed E-state index contributed by atoms with van der Waals surface area (Å²) in [4.78, 5) is 15.6. The van der Waals surface area contributed by atoms with Gasteiger partial charge in [-0.15, -0.1) is 0 Å². The van der Waals surface area contributed by atoms with Crippen molar-refractivity contribution in [1.29, 1.82) is 0 Å². The molecule has 0 unspecified atom stereocenters. The summed E-state index contributed by atoms with van der Waals surface area (Å²) in [5.41, 5.74) is 15.6. The van der Waals surface area contributed by atoms with Gasteiger partial charge in [0.2, 0.25) is 0 Å². The first-order valence-corrected chi connectivity index (χ1v) is 23.3. The minimum absolute atomic E-state index is 0.601. The molecule has 4 heterocycles. The van der Waals surface area contributed by atoms with Crippen molar-refractivity contribution >= 4 is 65.6 Å². The molecule has 6 heteroatoms. The van der Waals surface area contributed by atoms with E-state index in [4.69, 9.17) is 19.4 Å². The summed E-state index contributed by atoms with van der Waals surface area (Å²) in [7, 11) is 0. The number of fused-ring (bicyclic) bond motifs is 9. The molecule has 0 aliphatic rings. The highest BCUT2D eigenvalue weighted by Gasteiger charge is 2.20. The van der Waals surface area contributed by atoms with Crippen molar-refractivity contribution in [2.75, 3.05) is 0 Å². The number of benzene rings is 10. The molecule has 69 heavy (non-hydrogen) atoms. The van der Waals surface area contributed by atoms with Crippen molar-refractivity contribution in [3.05, 3.63) is 237 Å². The third-order valence-corrected chi connectivity index (χ3v) is 13.6. The number of hydrogen-bond donors (Lipinski definition) is 0. The number of nitrogens with zero attached hydrogens (tertiary/aromatic N) is 5. The summed E-state index contributed by atoms with van der Waals surface area (Å²) >= 11 is 0. The molecule has 10 aromatic carbocycles. The average Bonchev–Trinajstić information content (AvgIpc) is 4.09. The minimum Gasteiger partial charge on any atom is -0.456 e. The summed E-state index contributed by atoms with van der Waals surface area (Å²) in [6.07, 6.45) is 0. The van der Waals surface area contributed by atoms with Crippen molar-refractivity contribution in [2.45, 2.75) is 0 Å². The molecular formula is C63H39N5O. The second kappa shape index (κ2) is 15.6. The molecule has 0 radical (unpaired) electrons. The van der Waals surface area contributed by atoms with E-state index in [0.29, 0.717) is 17.5 Å². The molecule has 0 saturated heterocycles. The minimum atomic E-state index is 0.601. The SMILES string of the molecule is c1ccc(-c2ccc3c(c2)c2c(-c4cccc(-c5nc(-c6ccccc6)nc(-c6cccc(-n7c8ccccc8c8ccccc87)c6)n5)c4)cccc2n3-c2ccc3oc4ccccc4c3c2)cc1. The number of aromatic nitrogens is 5. The topological polar surface area (TPSA) is 61.7 Å². The van der Waals surface area contributed by atoms with Crippen LogP contribution in [0.3, 0.4) is 0 Å². The number of furan rings is 1. The number of para-hydroxylation sites is 3. The van der Waals surface area contributed by atoms with Crippen LogP contribution in [-0.2, 0) is 0 Å². The van der Waals surface area contributed by atoms with Crippen molar-refractivity contribution in [1.82, 2.24) is 24.1 Å². The Balaban J connectivity index is 0.946. The molecule has 0 bridgehead atoms. The maximum Gasteiger partial charge on any atom is 0.164 e. The van der Waals surface area contributed by atoms with Gasteiger partial charge in [0.25, 0.3) is 0 Å². The molecule has 0 aliphatic heterocycles. The van der Waals surface area contributed by atoms with E-state index in [2.05, 4.69) is 215 Å². The van der Waals surface area contributed by atoms with E-state index < -0.39 is 0 Å². The van der Waals surface area contributed by atoms with E-state index in [0.717, 1.165) is 88.8 Å². The highest BCUT2D eigenvalue weighted by molar-refractivity contribution is 6.17. The van der Waals surface area contributed by atoms with Crippen LogP contribution in [0, 0.1) is 0 Å². The molecule has 0 amide bonds. The smallest absolute Gasteiger partial charge is 0.164 e. The first-order valence-electron chi connectivity index (χ1n) is 23.3. The summed E-state index contributed by atoms with van der Waals surface area (Å²) < 4.78 is 11.0. The maximum atomic E-state index is 6.28. The van der Waals surface area contributed by atoms with Crippen LogP contribution in [0.5, 0.6) is 0 Å². The molecular weight excluding hydrogens is 843 g/mol. The highest BCUT2D eigenvalue weighted by Crippen LogP contribution is 2.42. The maximum absolute atomic E-state index is 6.28. The second-order valence-electron chi connectivity index (χ2n) is 17.6. The van der Waals surface area contributed by atoms with Crippen LogP contribution < -0.4 is 0 Å². The predicted molar refractivity (Wildman–Crippen MR) is 283 cm³/mol. The molecule has 14 rings (SSSR count). The Morgan fingerprint density at radius 2 is 0.797 bits per heavy atom. The number of rotatable bonds is 7. The van der Waals surface area contributed by atoms with Crippen LogP contribution in [-0.4, -0.2) is 24.1 Å². The second-order valence-corrected chi connectivity index (χ2v) is 17.6. The van der Waals surface area contributed by atoms with E-state index in [1.165, 1.54) is 27.1 Å². The standard InChI is InChI=1S/C63H39N5O/c1-3-16-40(17-4-1)42-32-34-56-53(38-42)60-48(27-15-30-57(60)68(56)47-33-35-59-52(39-47)51-26-9-12-31-58(51)69-59)43-20-13-21-44(36-43)62-64-61(41-18-5-2-6-19-41)65-63(66-62)45-22-14-23-46(37-45)67-54-28-10-7-24-49(54)50-25-8-11-29-55(50)67/h1-39H. The van der Waals surface area contributed by atoms with Gasteiger partial charge in [0.15, 0.2) is 17.5 Å². The molecule has 0 atom stereocenters. The van der Waals surface area contributed by atoms with Gasteiger partial charge in [-0.1, -0.05) is 164 Å². The lowest BCUT2D eigenvalue weighted by Gasteiger charge is -2.12. The van der Waals surface area contributed by atoms with Crippen LogP contribution in [0.15, 0.2) is 241 Å². The first kappa shape index (κ1) is 38.8. The van der Waals surface area contributed by atoms with Gasteiger partial charge in [-0.25, -0.2) is 15.0 Å². The summed E-state index contributed by atoms with van der Waals surface area (Å²) in [6, 6.07) is 83.4. The van der Waals surface area contributed by atoms with E-state index in [1.54, 1.807) is 0 Å². The van der Waals surface area contributed by atoms with Gasteiger partial charge < -0.3 is 13.6 Å². The van der Waals surface area contributed by atoms with Gasteiger partial charge in [0, 0.05) is 60.4 Å². The van der Waals surface area contributed by atoms with E-state index in [-0.39, 0.29) is 0 Å². The number of hydrogen-bond acceptors (Lipinski definition) is 4.